The van der Waals surface area contributed by atoms with Crippen LogP contribution in [-0.4, -0.2) is 49.1 Å². The van der Waals surface area contributed by atoms with E-state index >= 15 is 0 Å². The minimum atomic E-state index is -0.354. The van der Waals surface area contributed by atoms with Gasteiger partial charge in [0.05, 0.1) is 6.61 Å². The summed E-state index contributed by atoms with van der Waals surface area (Å²) in [5.41, 5.74) is 0.551. The van der Waals surface area contributed by atoms with Crippen molar-refractivity contribution in [2.24, 2.45) is 5.92 Å². The van der Waals surface area contributed by atoms with Crippen LogP contribution in [0.4, 0.5) is 0 Å². The largest absolute Gasteiger partial charge is 0.464 e. The van der Waals surface area contributed by atoms with Gasteiger partial charge in [-0.3, -0.25) is 14.5 Å². The summed E-state index contributed by atoms with van der Waals surface area (Å²) < 4.78 is 5.44. The third-order valence-electron chi connectivity index (χ3n) is 5.12. The molecule has 0 radical (unpaired) electrons. The van der Waals surface area contributed by atoms with Crippen LogP contribution in [0.3, 0.4) is 0 Å². The Morgan fingerprint density at radius 1 is 1.08 bits per heavy atom. The van der Waals surface area contributed by atoms with Gasteiger partial charge >= 0.3 is 5.97 Å². The fourth-order valence-electron chi connectivity index (χ4n) is 3.87. The third kappa shape index (κ3) is 4.35. The molecule has 2 fully saturated rings. The van der Waals surface area contributed by atoms with Crippen molar-refractivity contribution in [3.63, 3.8) is 0 Å². The molecular weight excluding hydrogens is 304 g/mol. The van der Waals surface area contributed by atoms with E-state index in [2.05, 4.69) is 10.2 Å². The second-order valence-corrected chi connectivity index (χ2v) is 6.73. The SMILES string of the molecule is O=C(CNC(=O)c1ccccc1)OC[C@@H]1CCCN2CCCCC12. The van der Waals surface area contributed by atoms with Crippen molar-refractivity contribution < 1.29 is 14.3 Å². The summed E-state index contributed by atoms with van der Waals surface area (Å²) in [7, 11) is 0. The first kappa shape index (κ1) is 17.0. The number of carbonyl (C=O) groups is 2. The normalized spacial score (nSPS) is 24.0. The second kappa shape index (κ2) is 8.29. The second-order valence-electron chi connectivity index (χ2n) is 6.73. The molecule has 2 aliphatic heterocycles. The van der Waals surface area contributed by atoms with Gasteiger partial charge in [-0.05, 0) is 50.9 Å². The fraction of sp³-hybridized carbons (Fsp3) is 0.579. The van der Waals surface area contributed by atoms with Crippen molar-refractivity contribution >= 4 is 11.9 Å². The first-order chi connectivity index (χ1) is 11.7. The molecule has 0 saturated carbocycles. The molecule has 2 saturated heterocycles. The van der Waals surface area contributed by atoms with Crippen LogP contribution in [0.5, 0.6) is 0 Å². The summed E-state index contributed by atoms with van der Waals surface area (Å²) in [4.78, 5) is 26.4. The maximum Gasteiger partial charge on any atom is 0.325 e. The maximum atomic E-state index is 11.9. The zero-order chi connectivity index (χ0) is 16.8. The van der Waals surface area contributed by atoms with Gasteiger partial charge in [-0.15, -0.1) is 0 Å². The van der Waals surface area contributed by atoms with E-state index in [0.29, 0.717) is 24.1 Å². The molecule has 1 aromatic rings. The number of fused-ring (bicyclic) bond motifs is 1. The average molecular weight is 330 g/mol. The topological polar surface area (TPSA) is 58.6 Å². The molecule has 2 aliphatic rings. The number of piperidine rings is 2. The Kier molecular flexibility index (Phi) is 5.86. The van der Waals surface area contributed by atoms with Crippen LogP contribution < -0.4 is 5.32 Å². The van der Waals surface area contributed by atoms with Crippen molar-refractivity contribution in [2.45, 2.75) is 38.1 Å². The molecular formula is C19H26N2O3. The highest BCUT2D eigenvalue weighted by molar-refractivity contribution is 5.95. The van der Waals surface area contributed by atoms with E-state index in [9.17, 15) is 9.59 Å². The van der Waals surface area contributed by atoms with Gasteiger partial charge < -0.3 is 10.1 Å². The van der Waals surface area contributed by atoms with Gasteiger partial charge in [-0.1, -0.05) is 24.6 Å². The average Bonchev–Trinajstić information content (AvgIpc) is 2.65. The molecule has 24 heavy (non-hydrogen) atoms. The molecule has 5 heteroatoms. The third-order valence-corrected chi connectivity index (χ3v) is 5.12. The van der Waals surface area contributed by atoms with Gasteiger partial charge in [0.2, 0.25) is 0 Å². The summed E-state index contributed by atoms with van der Waals surface area (Å²) in [5.74, 6) is -0.163. The lowest BCUT2D eigenvalue weighted by Crippen LogP contribution is -2.49. The zero-order valence-electron chi connectivity index (χ0n) is 14.1. The fourth-order valence-corrected chi connectivity index (χ4v) is 3.87. The van der Waals surface area contributed by atoms with Gasteiger partial charge in [0, 0.05) is 17.5 Å². The predicted octanol–water partition coefficient (Wildman–Crippen LogP) is 2.22. The molecule has 1 amide bonds. The Hall–Kier alpha value is -1.88. The van der Waals surface area contributed by atoms with Gasteiger partial charge in [-0.25, -0.2) is 0 Å². The molecule has 1 aromatic carbocycles. The number of benzene rings is 1. The van der Waals surface area contributed by atoms with Crippen molar-refractivity contribution in [3.8, 4) is 0 Å². The monoisotopic (exact) mass is 330 g/mol. The van der Waals surface area contributed by atoms with Crippen LogP contribution >= 0.6 is 0 Å². The van der Waals surface area contributed by atoms with Crippen LogP contribution in [0.2, 0.25) is 0 Å². The van der Waals surface area contributed by atoms with Crippen molar-refractivity contribution in [2.75, 3.05) is 26.2 Å². The molecule has 0 bridgehead atoms. The lowest BCUT2D eigenvalue weighted by Gasteiger charge is -2.44. The maximum absolute atomic E-state index is 11.9. The predicted molar refractivity (Wildman–Crippen MR) is 91.7 cm³/mol. The summed E-state index contributed by atoms with van der Waals surface area (Å²) >= 11 is 0. The minimum Gasteiger partial charge on any atom is -0.464 e. The number of rotatable bonds is 5. The highest BCUT2D eigenvalue weighted by atomic mass is 16.5. The number of hydrogen-bond donors (Lipinski definition) is 1. The van der Waals surface area contributed by atoms with Crippen LogP contribution in [0, 0.1) is 5.92 Å². The lowest BCUT2D eigenvalue weighted by atomic mass is 9.84. The first-order valence-electron chi connectivity index (χ1n) is 8.97. The molecule has 5 nitrogen and oxygen atoms in total. The Morgan fingerprint density at radius 3 is 2.71 bits per heavy atom. The number of nitrogens with zero attached hydrogens (tertiary/aromatic N) is 1. The molecule has 0 spiro atoms. The van der Waals surface area contributed by atoms with Crippen molar-refractivity contribution in [1.82, 2.24) is 10.2 Å². The van der Waals surface area contributed by atoms with Crippen molar-refractivity contribution in [1.29, 1.82) is 0 Å². The number of nitrogens with one attached hydrogen (secondary N) is 1. The van der Waals surface area contributed by atoms with Gasteiger partial charge in [0.15, 0.2) is 0 Å². The summed E-state index contributed by atoms with van der Waals surface area (Å²) in [5, 5.41) is 2.62. The molecule has 1 N–H and O–H groups in total. The Balaban J connectivity index is 1.41. The number of carbonyl (C=O) groups excluding carboxylic acids is 2. The van der Waals surface area contributed by atoms with E-state index in [4.69, 9.17) is 4.74 Å². The molecule has 0 aromatic heterocycles. The Labute approximate surface area is 143 Å². The molecule has 2 atom stereocenters. The van der Waals surface area contributed by atoms with E-state index in [1.54, 1.807) is 24.3 Å². The molecule has 2 heterocycles. The van der Waals surface area contributed by atoms with E-state index in [1.807, 2.05) is 6.07 Å². The molecule has 3 rings (SSSR count). The van der Waals surface area contributed by atoms with E-state index in [0.717, 1.165) is 6.42 Å². The van der Waals surface area contributed by atoms with Crippen molar-refractivity contribution in [3.05, 3.63) is 35.9 Å². The number of esters is 1. The molecule has 1 unspecified atom stereocenters. The van der Waals surface area contributed by atoms with Gasteiger partial charge in [-0.2, -0.15) is 0 Å². The van der Waals surface area contributed by atoms with E-state index < -0.39 is 0 Å². The number of ether oxygens (including phenoxy) is 1. The van der Waals surface area contributed by atoms with E-state index in [-0.39, 0.29) is 18.4 Å². The van der Waals surface area contributed by atoms with Crippen LogP contribution in [0.25, 0.3) is 0 Å². The Morgan fingerprint density at radius 2 is 1.88 bits per heavy atom. The minimum absolute atomic E-state index is 0.0746. The standard InChI is InChI=1S/C19H26N2O3/c22-18(13-20-19(23)15-7-2-1-3-8-15)24-14-16-9-6-12-21-11-5-4-10-17(16)21/h1-3,7-8,16-17H,4-6,9-14H2,(H,20,23)/t16-,17?/m0/s1. The number of hydrogen-bond acceptors (Lipinski definition) is 4. The highest BCUT2D eigenvalue weighted by Gasteiger charge is 2.33. The van der Waals surface area contributed by atoms with Gasteiger partial charge in [0.25, 0.3) is 5.91 Å². The van der Waals surface area contributed by atoms with Crippen LogP contribution in [-0.2, 0) is 9.53 Å². The molecule has 0 aliphatic carbocycles. The summed E-state index contributed by atoms with van der Waals surface area (Å²) in [6, 6.07) is 9.46. The van der Waals surface area contributed by atoms with Crippen LogP contribution in [0.15, 0.2) is 30.3 Å². The molecule has 130 valence electrons. The quantitative estimate of drug-likeness (QED) is 0.841. The first-order valence-corrected chi connectivity index (χ1v) is 8.97. The van der Waals surface area contributed by atoms with Crippen LogP contribution in [0.1, 0.15) is 42.5 Å². The summed E-state index contributed by atoms with van der Waals surface area (Å²) in [6.07, 6.45) is 6.09. The van der Waals surface area contributed by atoms with E-state index in [1.165, 1.54) is 38.8 Å². The number of amides is 1. The smallest absolute Gasteiger partial charge is 0.325 e. The lowest BCUT2D eigenvalue weighted by molar-refractivity contribution is -0.145. The Bertz CT molecular complexity index is 559. The summed E-state index contributed by atoms with van der Waals surface area (Å²) in [6.45, 7) is 2.76. The zero-order valence-corrected chi connectivity index (χ0v) is 14.1. The highest BCUT2D eigenvalue weighted by Crippen LogP contribution is 2.30. The van der Waals surface area contributed by atoms with Gasteiger partial charge in [0.1, 0.15) is 6.54 Å².